The van der Waals surface area contributed by atoms with Crippen LogP contribution in [0.4, 0.5) is 0 Å². The summed E-state index contributed by atoms with van der Waals surface area (Å²) in [5.74, 6) is 0.698. The van der Waals surface area contributed by atoms with Gasteiger partial charge in [0.25, 0.3) is 0 Å². The van der Waals surface area contributed by atoms with Gasteiger partial charge in [-0.05, 0) is 94.0 Å². The largest absolute Gasteiger partial charge is 0.309 e. The fourth-order valence-corrected chi connectivity index (χ4v) is 9.21. The molecule has 3 aromatic heterocycles. The second-order valence-corrected chi connectivity index (χ2v) is 15.8. The molecule has 0 saturated carbocycles. The Balaban J connectivity index is 1.08. The van der Waals surface area contributed by atoms with Gasteiger partial charge in [0, 0.05) is 38.7 Å². The van der Waals surface area contributed by atoms with Crippen molar-refractivity contribution in [1.29, 1.82) is 0 Å². The van der Waals surface area contributed by atoms with Gasteiger partial charge in [0.1, 0.15) is 5.65 Å². The summed E-state index contributed by atoms with van der Waals surface area (Å²) in [5.41, 5.74) is 16.4. The SMILES string of the molecule is c1ccc(-c2cc(-c3ccccc3)cc(-n3c4ccccc4c4cc(-c5ccc6c(c5)c5c(-c7ccccc7)nc(-c7ccccc7)nc5n6-c5ccccc5)ccc43)c2)cc1. The zero-order chi connectivity index (χ0) is 41.0. The molecule has 0 aliphatic carbocycles. The normalized spacial score (nSPS) is 11.5. The highest BCUT2D eigenvalue weighted by atomic mass is 15.1. The molecule has 3 heterocycles. The average Bonchev–Trinajstić information content (AvgIpc) is 3.87. The smallest absolute Gasteiger partial charge is 0.162 e. The van der Waals surface area contributed by atoms with E-state index < -0.39 is 0 Å². The van der Waals surface area contributed by atoms with Crippen LogP contribution in [0.2, 0.25) is 0 Å². The van der Waals surface area contributed by atoms with Crippen LogP contribution in [-0.2, 0) is 0 Å². The van der Waals surface area contributed by atoms with Crippen molar-refractivity contribution < 1.29 is 0 Å². The van der Waals surface area contributed by atoms with Gasteiger partial charge in [-0.1, -0.05) is 170 Å². The van der Waals surface area contributed by atoms with E-state index in [2.05, 4.69) is 221 Å². The molecule has 0 saturated heterocycles. The Morgan fingerprint density at radius 3 is 1.37 bits per heavy atom. The topological polar surface area (TPSA) is 35.6 Å². The molecule has 9 aromatic carbocycles. The number of benzene rings is 9. The summed E-state index contributed by atoms with van der Waals surface area (Å²) in [5, 5.41) is 4.55. The monoisotopic (exact) mass is 790 g/mol. The van der Waals surface area contributed by atoms with Gasteiger partial charge in [0.15, 0.2) is 5.82 Å². The molecule has 0 atom stereocenters. The molecule has 12 rings (SSSR count). The third-order valence-electron chi connectivity index (χ3n) is 12.1. The van der Waals surface area contributed by atoms with Gasteiger partial charge in [-0.25, -0.2) is 9.97 Å². The van der Waals surface area contributed by atoms with E-state index in [-0.39, 0.29) is 0 Å². The zero-order valence-electron chi connectivity index (χ0n) is 33.7. The highest BCUT2D eigenvalue weighted by molar-refractivity contribution is 6.16. The Hall–Kier alpha value is -8.34. The van der Waals surface area contributed by atoms with Gasteiger partial charge in [-0.3, -0.25) is 4.57 Å². The van der Waals surface area contributed by atoms with Crippen LogP contribution in [-0.4, -0.2) is 19.1 Å². The predicted octanol–water partition coefficient (Wildman–Crippen LogP) is 15.0. The van der Waals surface area contributed by atoms with Crippen LogP contribution >= 0.6 is 0 Å². The summed E-state index contributed by atoms with van der Waals surface area (Å²) in [7, 11) is 0. The summed E-state index contributed by atoms with van der Waals surface area (Å²) in [4.78, 5) is 10.7. The van der Waals surface area contributed by atoms with E-state index in [0.29, 0.717) is 5.82 Å². The fourth-order valence-electron chi connectivity index (χ4n) is 9.21. The maximum atomic E-state index is 5.35. The molecule has 0 unspecified atom stereocenters. The lowest BCUT2D eigenvalue weighted by Gasteiger charge is -2.14. The van der Waals surface area contributed by atoms with E-state index >= 15 is 0 Å². The lowest BCUT2D eigenvalue weighted by atomic mass is 9.98. The molecule has 0 aliphatic rings. The quantitative estimate of drug-likeness (QED) is 0.161. The Morgan fingerprint density at radius 2 is 0.758 bits per heavy atom. The first-order chi connectivity index (χ1) is 30.7. The summed E-state index contributed by atoms with van der Waals surface area (Å²) in [6.45, 7) is 0. The minimum absolute atomic E-state index is 0.698. The molecule has 0 spiro atoms. The van der Waals surface area contributed by atoms with Crippen LogP contribution in [0, 0.1) is 0 Å². The van der Waals surface area contributed by atoms with Crippen LogP contribution in [0.1, 0.15) is 0 Å². The van der Waals surface area contributed by atoms with Crippen molar-refractivity contribution in [3.63, 3.8) is 0 Å². The van der Waals surface area contributed by atoms with E-state index in [1.165, 1.54) is 38.5 Å². The van der Waals surface area contributed by atoms with Crippen molar-refractivity contribution in [2.75, 3.05) is 0 Å². The third kappa shape index (κ3) is 6.00. The van der Waals surface area contributed by atoms with E-state index in [9.17, 15) is 0 Å². The number of aromatic nitrogens is 4. The Labute approximate surface area is 359 Å². The summed E-state index contributed by atoms with van der Waals surface area (Å²) < 4.78 is 4.72. The minimum Gasteiger partial charge on any atom is -0.309 e. The van der Waals surface area contributed by atoms with Crippen LogP contribution in [0.5, 0.6) is 0 Å². The molecule has 4 nitrogen and oxygen atoms in total. The molecular weight excluding hydrogens is 753 g/mol. The Morgan fingerprint density at radius 1 is 0.274 bits per heavy atom. The molecule has 0 amide bonds. The minimum atomic E-state index is 0.698. The van der Waals surface area contributed by atoms with Crippen LogP contribution < -0.4 is 0 Å². The maximum Gasteiger partial charge on any atom is 0.162 e. The van der Waals surface area contributed by atoms with E-state index in [1.54, 1.807) is 0 Å². The molecule has 0 aliphatic heterocycles. The number of rotatable bonds is 7. The molecule has 0 fully saturated rings. The highest BCUT2D eigenvalue weighted by Gasteiger charge is 2.22. The number of hydrogen-bond donors (Lipinski definition) is 0. The third-order valence-corrected chi connectivity index (χ3v) is 12.1. The van der Waals surface area contributed by atoms with Crippen molar-refractivity contribution in [3.8, 4) is 67.4 Å². The Bertz CT molecular complexity index is 3530. The van der Waals surface area contributed by atoms with Crippen LogP contribution in [0.25, 0.3) is 111 Å². The summed E-state index contributed by atoms with van der Waals surface area (Å²) in [6, 6.07) is 82.2. The number of fused-ring (bicyclic) bond motifs is 6. The van der Waals surface area contributed by atoms with E-state index in [0.717, 1.165) is 66.8 Å². The van der Waals surface area contributed by atoms with Crippen molar-refractivity contribution in [2.45, 2.75) is 0 Å². The average molecular weight is 791 g/mol. The molecule has 0 N–H and O–H groups in total. The molecule has 4 heteroatoms. The first-order valence-electron chi connectivity index (χ1n) is 21.1. The van der Waals surface area contributed by atoms with E-state index in [1.807, 2.05) is 18.2 Å². The second-order valence-electron chi connectivity index (χ2n) is 15.8. The number of nitrogens with zero attached hydrogens (tertiary/aromatic N) is 4. The first kappa shape index (κ1) is 35.6. The number of hydrogen-bond acceptors (Lipinski definition) is 2. The lowest BCUT2D eigenvalue weighted by molar-refractivity contribution is 1.11. The zero-order valence-corrected chi connectivity index (χ0v) is 33.7. The predicted molar refractivity (Wildman–Crippen MR) is 258 cm³/mol. The second kappa shape index (κ2) is 14.7. The first-order valence-corrected chi connectivity index (χ1v) is 21.1. The van der Waals surface area contributed by atoms with Crippen molar-refractivity contribution in [1.82, 2.24) is 19.1 Å². The summed E-state index contributed by atoms with van der Waals surface area (Å²) >= 11 is 0. The molecule has 12 aromatic rings. The van der Waals surface area contributed by atoms with Gasteiger partial charge < -0.3 is 4.57 Å². The van der Waals surface area contributed by atoms with Crippen molar-refractivity contribution in [3.05, 3.63) is 231 Å². The molecular formula is C58H38N4. The lowest BCUT2D eigenvalue weighted by Crippen LogP contribution is -1.99. The molecule has 62 heavy (non-hydrogen) atoms. The van der Waals surface area contributed by atoms with Gasteiger partial charge in [0.05, 0.1) is 27.6 Å². The highest BCUT2D eigenvalue weighted by Crippen LogP contribution is 2.42. The standard InChI is InChI=1S/C58H38N4/c1-6-18-39(19-7-1)45-34-46(40-20-8-2-9-21-40)36-48(35-45)61-52-29-17-16-28-49(52)50-37-43(30-32-53(50)61)44-31-33-54-51(38-44)55-56(41-22-10-3-11-23-41)59-57(42-24-12-4-13-25-42)60-58(55)62(54)47-26-14-5-15-27-47/h1-38H. The van der Waals surface area contributed by atoms with Gasteiger partial charge in [-0.15, -0.1) is 0 Å². The maximum absolute atomic E-state index is 5.35. The van der Waals surface area contributed by atoms with Crippen LogP contribution in [0.3, 0.4) is 0 Å². The van der Waals surface area contributed by atoms with Gasteiger partial charge >= 0.3 is 0 Å². The van der Waals surface area contributed by atoms with E-state index in [4.69, 9.17) is 9.97 Å². The fraction of sp³-hybridized carbons (Fsp3) is 0. The molecule has 0 bridgehead atoms. The van der Waals surface area contributed by atoms with Crippen molar-refractivity contribution >= 4 is 43.7 Å². The van der Waals surface area contributed by atoms with Gasteiger partial charge in [-0.2, -0.15) is 0 Å². The summed E-state index contributed by atoms with van der Waals surface area (Å²) in [6.07, 6.45) is 0. The number of para-hydroxylation sites is 2. The molecule has 290 valence electrons. The van der Waals surface area contributed by atoms with Crippen LogP contribution in [0.15, 0.2) is 231 Å². The van der Waals surface area contributed by atoms with Crippen molar-refractivity contribution in [2.24, 2.45) is 0 Å². The molecule has 0 radical (unpaired) electrons. The Kier molecular flexibility index (Phi) is 8.46. The van der Waals surface area contributed by atoms with Gasteiger partial charge in [0.2, 0.25) is 0 Å².